The van der Waals surface area contributed by atoms with Crippen molar-refractivity contribution in [3.05, 3.63) is 59.7 Å². The van der Waals surface area contributed by atoms with Gasteiger partial charge in [0.15, 0.2) is 11.6 Å². The Labute approximate surface area is 192 Å². The van der Waals surface area contributed by atoms with Gasteiger partial charge in [-0.2, -0.15) is 0 Å². The standard InChI is InChI=1S/C24H32FN3O2.C2H6/c1-17(19-7-9-23(30-5)22(25)15-19)14-24(29)28-16-21(8-6-18(28)2)27-12-10-20(11-13-27)26(3)4;1-2/h6-9,14-16,18,20H,10-13H2,1-5H3;1-2H3/b17-14+;. The summed E-state index contributed by atoms with van der Waals surface area (Å²) in [7, 11) is 5.69. The van der Waals surface area contributed by atoms with Crippen LogP contribution < -0.4 is 4.74 Å². The molecular weight excluding hydrogens is 405 g/mol. The van der Waals surface area contributed by atoms with E-state index in [9.17, 15) is 9.18 Å². The molecule has 1 amide bonds. The molecule has 0 aliphatic carbocycles. The molecule has 1 saturated heterocycles. The van der Waals surface area contributed by atoms with Crippen LogP contribution in [0.5, 0.6) is 5.75 Å². The average Bonchev–Trinajstić information content (AvgIpc) is 2.80. The van der Waals surface area contributed by atoms with Gasteiger partial charge in [-0.05, 0) is 70.1 Å². The van der Waals surface area contributed by atoms with Crippen molar-refractivity contribution in [3.63, 3.8) is 0 Å². The minimum absolute atomic E-state index is 0.0304. The highest BCUT2D eigenvalue weighted by Crippen LogP contribution is 2.25. The molecule has 1 fully saturated rings. The molecule has 0 spiro atoms. The summed E-state index contributed by atoms with van der Waals surface area (Å²) in [4.78, 5) is 19.4. The number of hydrogen-bond acceptors (Lipinski definition) is 4. The molecule has 176 valence electrons. The second-order valence-corrected chi connectivity index (χ2v) is 8.26. The highest BCUT2D eigenvalue weighted by Gasteiger charge is 2.25. The van der Waals surface area contributed by atoms with Crippen molar-refractivity contribution in [3.8, 4) is 5.75 Å². The Morgan fingerprint density at radius 2 is 1.88 bits per heavy atom. The molecule has 32 heavy (non-hydrogen) atoms. The lowest BCUT2D eigenvalue weighted by Gasteiger charge is -2.39. The number of ether oxygens (including phenoxy) is 1. The number of nitrogens with zero attached hydrogens (tertiary/aromatic N) is 3. The fraction of sp³-hybridized carbons (Fsp3) is 0.500. The predicted molar refractivity (Wildman–Crippen MR) is 130 cm³/mol. The highest BCUT2D eigenvalue weighted by molar-refractivity contribution is 5.96. The zero-order valence-electron chi connectivity index (χ0n) is 20.6. The summed E-state index contributed by atoms with van der Waals surface area (Å²) in [5.41, 5.74) is 2.45. The van der Waals surface area contributed by atoms with Gasteiger partial charge in [0.25, 0.3) is 5.91 Å². The maximum absolute atomic E-state index is 14.0. The summed E-state index contributed by atoms with van der Waals surface area (Å²) in [5, 5.41) is 0. The van der Waals surface area contributed by atoms with Crippen LogP contribution in [0.25, 0.3) is 5.57 Å². The molecule has 5 nitrogen and oxygen atoms in total. The van der Waals surface area contributed by atoms with E-state index in [2.05, 4.69) is 36.0 Å². The van der Waals surface area contributed by atoms with E-state index in [-0.39, 0.29) is 17.7 Å². The van der Waals surface area contributed by atoms with Crippen LogP contribution in [0.2, 0.25) is 0 Å². The van der Waals surface area contributed by atoms with Gasteiger partial charge >= 0.3 is 0 Å². The predicted octanol–water partition coefficient (Wildman–Crippen LogP) is 4.92. The van der Waals surface area contributed by atoms with Crippen LogP contribution in [0, 0.1) is 5.82 Å². The lowest BCUT2D eigenvalue weighted by Crippen LogP contribution is -2.43. The van der Waals surface area contributed by atoms with Crippen molar-refractivity contribution in [2.75, 3.05) is 34.3 Å². The molecule has 0 saturated carbocycles. The summed E-state index contributed by atoms with van der Waals surface area (Å²) in [6.45, 7) is 9.78. The van der Waals surface area contributed by atoms with Crippen molar-refractivity contribution in [1.29, 1.82) is 0 Å². The van der Waals surface area contributed by atoms with Gasteiger partial charge in [0.1, 0.15) is 0 Å². The van der Waals surface area contributed by atoms with Crippen LogP contribution in [-0.2, 0) is 4.79 Å². The zero-order valence-corrected chi connectivity index (χ0v) is 20.6. The smallest absolute Gasteiger partial charge is 0.251 e. The van der Waals surface area contributed by atoms with Gasteiger partial charge in [-0.3, -0.25) is 4.79 Å². The van der Waals surface area contributed by atoms with E-state index >= 15 is 0 Å². The van der Waals surface area contributed by atoms with E-state index in [1.54, 1.807) is 23.1 Å². The Kier molecular flexibility index (Phi) is 9.51. The first-order valence-corrected chi connectivity index (χ1v) is 11.5. The third-order valence-corrected chi connectivity index (χ3v) is 6.02. The first kappa shape index (κ1) is 25.7. The van der Waals surface area contributed by atoms with E-state index in [1.165, 1.54) is 13.2 Å². The molecule has 0 aromatic heterocycles. The molecular formula is C26H38FN3O2. The molecule has 2 aliphatic rings. The number of piperidine rings is 1. The normalized spacial score (nSPS) is 19.5. The largest absolute Gasteiger partial charge is 0.494 e. The minimum atomic E-state index is -0.437. The monoisotopic (exact) mass is 443 g/mol. The molecule has 6 heteroatoms. The van der Waals surface area contributed by atoms with Gasteiger partial charge < -0.3 is 19.4 Å². The number of rotatable bonds is 5. The molecule has 2 aliphatic heterocycles. The molecule has 3 rings (SSSR count). The summed E-state index contributed by atoms with van der Waals surface area (Å²) in [6.07, 6.45) is 9.92. The van der Waals surface area contributed by atoms with Crippen molar-refractivity contribution in [2.24, 2.45) is 0 Å². The molecule has 2 heterocycles. The van der Waals surface area contributed by atoms with Crippen LogP contribution in [0.3, 0.4) is 0 Å². The molecule has 1 atom stereocenters. The third-order valence-electron chi connectivity index (χ3n) is 6.02. The molecule has 1 aromatic rings. The van der Waals surface area contributed by atoms with Crippen LogP contribution in [0.15, 0.2) is 48.3 Å². The first-order valence-electron chi connectivity index (χ1n) is 11.5. The quantitative estimate of drug-likeness (QED) is 0.606. The molecule has 0 N–H and O–H groups in total. The first-order chi connectivity index (χ1) is 15.3. The minimum Gasteiger partial charge on any atom is -0.494 e. The lowest BCUT2D eigenvalue weighted by atomic mass is 10.0. The molecule has 0 radical (unpaired) electrons. The number of allylic oxidation sites excluding steroid dienone is 2. The van der Waals surface area contributed by atoms with Crippen molar-refractivity contribution < 1.29 is 13.9 Å². The number of methoxy groups -OCH3 is 1. The van der Waals surface area contributed by atoms with E-state index in [0.717, 1.165) is 31.6 Å². The van der Waals surface area contributed by atoms with Crippen LogP contribution >= 0.6 is 0 Å². The number of halogens is 1. The van der Waals surface area contributed by atoms with E-state index in [4.69, 9.17) is 4.74 Å². The fourth-order valence-electron chi connectivity index (χ4n) is 3.98. The Morgan fingerprint density at radius 1 is 1.22 bits per heavy atom. The average molecular weight is 444 g/mol. The summed E-state index contributed by atoms with van der Waals surface area (Å²) in [5.74, 6) is -0.354. The highest BCUT2D eigenvalue weighted by atomic mass is 19.1. The number of likely N-dealkylation sites (tertiary alicyclic amines) is 1. The Morgan fingerprint density at radius 3 is 2.44 bits per heavy atom. The Bertz CT molecular complexity index is 868. The van der Waals surface area contributed by atoms with Gasteiger partial charge in [0.2, 0.25) is 0 Å². The molecule has 1 unspecified atom stereocenters. The van der Waals surface area contributed by atoms with Gasteiger partial charge in [-0.15, -0.1) is 0 Å². The number of amides is 1. The number of benzene rings is 1. The van der Waals surface area contributed by atoms with E-state index in [0.29, 0.717) is 17.2 Å². The number of hydrogen-bond donors (Lipinski definition) is 0. The van der Waals surface area contributed by atoms with Gasteiger partial charge in [0.05, 0.1) is 18.8 Å². The second kappa shape index (κ2) is 11.9. The van der Waals surface area contributed by atoms with Gasteiger partial charge in [-0.1, -0.05) is 26.0 Å². The maximum Gasteiger partial charge on any atom is 0.251 e. The van der Waals surface area contributed by atoms with E-state index < -0.39 is 5.82 Å². The second-order valence-electron chi connectivity index (χ2n) is 8.26. The van der Waals surface area contributed by atoms with Crippen molar-refractivity contribution in [1.82, 2.24) is 14.7 Å². The third kappa shape index (κ3) is 6.22. The topological polar surface area (TPSA) is 36.0 Å². The van der Waals surface area contributed by atoms with Gasteiger partial charge in [-0.25, -0.2) is 4.39 Å². The van der Waals surface area contributed by atoms with Crippen LogP contribution in [0.4, 0.5) is 4.39 Å². The van der Waals surface area contributed by atoms with E-state index in [1.807, 2.05) is 33.9 Å². The molecule has 0 bridgehead atoms. The number of carbonyl (C=O) groups is 1. The Balaban J connectivity index is 0.00000176. The maximum atomic E-state index is 14.0. The van der Waals surface area contributed by atoms with Crippen molar-refractivity contribution >= 4 is 11.5 Å². The summed E-state index contributed by atoms with van der Waals surface area (Å²) in [6, 6.07) is 5.32. The lowest BCUT2D eigenvalue weighted by molar-refractivity contribution is -0.124. The number of carbonyl (C=O) groups excluding carboxylic acids is 1. The zero-order chi connectivity index (χ0) is 23.8. The summed E-state index contributed by atoms with van der Waals surface area (Å²) >= 11 is 0. The Hall–Kier alpha value is -2.60. The fourth-order valence-corrected chi connectivity index (χ4v) is 3.98. The van der Waals surface area contributed by atoms with Crippen molar-refractivity contribution in [2.45, 2.75) is 52.6 Å². The molecule has 1 aromatic carbocycles. The van der Waals surface area contributed by atoms with Gasteiger partial charge in [0, 0.05) is 31.4 Å². The SMILES string of the molecule is CC.COc1ccc(/C(C)=C/C(=O)N2C=C(N3CCC(N(C)C)CC3)C=CC2C)cc1F. The van der Waals surface area contributed by atoms with Crippen LogP contribution in [0.1, 0.15) is 46.1 Å². The summed E-state index contributed by atoms with van der Waals surface area (Å²) < 4.78 is 19.0. The van der Waals surface area contributed by atoms with Crippen LogP contribution in [-0.4, -0.2) is 67.0 Å².